The van der Waals surface area contributed by atoms with Gasteiger partial charge in [0.25, 0.3) is 0 Å². The Balaban J connectivity index is 1.93. The molecule has 5 nitrogen and oxygen atoms in total. The third-order valence-corrected chi connectivity index (χ3v) is 3.72. The SMILES string of the molecule is CC(=O)N1CCCC(Cc2cncc(NCCO)c2)C1. The van der Waals surface area contributed by atoms with Gasteiger partial charge in [0.2, 0.25) is 5.91 Å². The monoisotopic (exact) mass is 277 g/mol. The number of nitrogens with zero attached hydrogens (tertiary/aromatic N) is 2. The maximum absolute atomic E-state index is 11.4. The summed E-state index contributed by atoms with van der Waals surface area (Å²) < 4.78 is 0. The highest BCUT2D eigenvalue weighted by Gasteiger charge is 2.21. The average Bonchev–Trinajstić information content (AvgIpc) is 2.46. The Bertz CT molecular complexity index is 450. The molecule has 5 heteroatoms. The Kier molecular flexibility index (Phi) is 5.35. The molecule has 1 fully saturated rings. The Morgan fingerprint density at radius 1 is 1.55 bits per heavy atom. The fourth-order valence-corrected chi connectivity index (χ4v) is 2.75. The Labute approximate surface area is 120 Å². The van der Waals surface area contributed by atoms with Crippen molar-refractivity contribution in [3.63, 3.8) is 0 Å². The highest BCUT2D eigenvalue weighted by atomic mass is 16.3. The summed E-state index contributed by atoms with van der Waals surface area (Å²) in [7, 11) is 0. The Morgan fingerprint density at radius 2 is 2.40 bits per heavy atom. The van der Waals surface area contributed by atoms with Crippen LogP contribution in [0.25, 0.3) is 0 Å². The largest absolute Gasteiger partial charge is 0.395 e. The molecule has 1 aliphatic heterocycles. The third kappa shape index (κ3) is 4.20. The second kappa shape index (κ2) is 7.24. The van der Waals surface area contributed by atoms with Gasteiger partial charge in [0.1, 0.15) is 0 Å². The van der Waals surface area contributed by atoms with E-state index < -0.39 is 0 Å². The van der Waals surface area contributed by atoms with E-state index in [4.69, 9.17) is 5.11 Å². The lowest BCUT2D eigenvalue weighted by atomic mass is 9.92. The van der Waals surface area contributed by atoms with Crippen LogP contribution in [0.15, 0.2) is 18.5 Å². The molecule has 0 aliphatic carbocycles. The second-order valence-corrected chi connectivity index (χ2v) is 5.41. The van der Waals surface area contributed by atoms with E-state index in [9.17, 15) is 4.79 Å². The van der Waals surface area contributed by atoms with Gasteiger partial charge in [-0.25, -0.2) is 0 Å². The molecular formula is C15H23N3O2. The molecule has 1 atom stereocenters. The molecule has 0 saturated carbocycles. The van der Waals surface area contributed by atoms with Crippen molar-refractivity contribution >= 4 is 11.6 Å². The second-order valence-electron chi connectivity index (χ2n) is 5.41. The van der Waals surface area contributed by atoms with Gasteiger partial charge in [-0.1, -0.05) is 0 Å². The molecule has 1 amide bonds. The van der Waals surface area contributed by atoms with Gasteiger partial charge in [-0.2, -0.15) is 0 Å². The van der Waals surface area contributed by atoms with Gasteiger partial charge in [-0.3, -0.25) is 9.78 Å². The summed E-state index contributed by atoms with van der Waals surface area (Å²) in [4.78, 5) is 17.6. The fraction of sp³-hybridized carbons (Fsp3) is 0.600. The fourth-order valence-electron chi connectivity index (χ4n) is 2.75. The maximum atomic E-state index is 11.4. The molecule has 0 aromatic carbocycles. The number of aromatic nitrogens is 1. The van der Waals surface area contributed by atoms with Crippen molar-refractivity contribution in [1.82, 2.24) is 9.88 Å². The first-order valence-electron chi connectivity index (χ1n) is 7.23. The van der Waals surface area contributed by atoms with Crippen molar-refractivity contribution in [1.29, 1.82) is 0 Å². The van der Waals surface area contributed by atoms with Crippen LogP contribution in [0.3, 0.4) is 0 Å². The molecule has 0 radical (unpaired) electrons. The smallest absolute Gasteiger partial charge is 0.219 e. The standard InChI is InChI=1S/C15H23N3O2/c1-12(20)18-5-2-3-13(11-18)7-14-8-15(10-16-9-14)17-4-6-19/h8-10,13,17,19H,2-7,11H2,1H3. The molecule has 1 aliphatic rings. The minimum absolute atomic E-state index is 0.112. The van der Waals surface area contributed by atoms with E-state index >= 15 is 0 Å². The van der Waals surface area contributed by atoms with Crippen LogP contribution in [0.4, 0.5) is 5.69 Å². The van der Waals surface area contributed by atoms with Gasteiger partial charge in [-0.15, -0.1) is 0 Å². The van der Waals surface area contributed by atoms with Crippen molar-refractivity contribution in [2.45, 2.75) is 26.2 Å². The predicted octanol–water partition coefficient (Wildman–Crippen LogP) is 1.29. The van der Waals surface area contributed by atoms with Crippen LogP contribution in [-0.4, -0.2) is 47.1 Å². The number of aliphatic hydroxyl groups excluding tert-OH is 1. The van der Waals surface area contributed by atoms with E-state index in [1.807, 2.05) is 11.1 Å². The first-order valence-corrected chi connectivity index (χ1v) is 7.23. The van der Waals surface area contributed by atoms with Crippen LogP contribution in [0.5, 0.6) is 0 Å². The highest BCUT2D eigenvalue weighted by Crippen LogP contribution is 2.21. The number of nitrogens with one attached hydrogen (secondary N) is 1. The van der Waals surface area contributed by atoms with E-state index in [1.165, 1.54) is 5.56 Å². The first kappa shape index (κ1) is 14.8. The van der Waals surface area contributed by atoms with Crippen LogP contribution in [-0.2, 0) is 11.2 Å². The summed E-state index contributed by atoms with van der Waals surface area (Å²) in [5.74, 6) is 0.689. The summed E-state index contributed by atoms with van der Waals surface area (Å²) in [6.07, 6.45) is 6.85. The molecule has 20 heavy (non-hydrogen) atoms. The number of rotatable bonds is 5. The van der Waals surface area contributed by atoms with Gasteiger partial charge >= 0.3 is 0 Å². The van der Waals surface area contributed by atoms with Gasteiger partial charge in [0.15, 0.2) is 0 Å². The van der Waals surface area contributed by atoms with E-state index in [1.54, 1.807) is 13.1 Å². The minimum atomic E-state index is 0.112. The highest BCUT2D eigenvalue weighted by molar-refractivity contribution is 5.73. The zero-order valence-corrected chi connectivity index (χ0v) is 12.0. The number of hydrogen-bond acceptors (Lipinski definition) is 4. The van der Waals surface area contributed by atoms with E-state index in [0.717, 1.165) is 38.0 Å². The quantitative estimate of drug-likeness (QED) is 0.851. The zero-order chi connectivity index (χ0) is 14.4. The van der Waals surface area contributed by atoms with Crippen molar-refractivity contribution < 1.29 is 9.90 Å². The average molecular weight is 277 g/mol. The number of piperidine rings is 1. The van der Waals surface area contributed by atoms with Gasteiger partial charge < -0.3 is 15.3 Å². The number of likely N-dealkylation sites (tertiary alicyclic amines) is 1. The molecule has 1 aromatic heterocycles. The lowest BCUT2D eigenvalue weighted by Crippen LogP contribution is -2.39. The Hall–Kier alpha value is -1.62. The molecule has 0 spiro atoms. The van der Waals surface area contributed by atoms with Crippen molar-refractivity contribution in [2.24, 2.45) is 5.92 Å². The van der Waals surface area contributed by atoms with Gasteiger partial charge in [0.05, 0.1) is 12.3 Å². The number of carbonyl (C=O) groups is 1. The van der Waals surface area contributed by atoms with Crippen LogP contribution in [0.1, 0.15) is 25.3 Å². The topological polar surface area (TPSA) is 65.5 Å². The first-order chi connectivity index (χ1) is 9.69. The number of amides is 1. The zero-order valence-electron chi connectivity index (χ0n) is 12.0. The molecule has 1 unspecified atom stereocenters. The molecule has 0 bridgehead atoms. The van der Waals surface area contributed by atoms with E-state index in [-0.39, 0.29) is 12.5 Å². The summed E-state index contributed by atoms with van der Waals surface area (Å²) in [6, 6.07) is 2.08. The Morgan fingerprint density at radius 3 is 3.15 bits per heavy atom. The molecular weight excluding hydrogens is 254 g/mol. The van der Waals surface area contributed by atoms with Crippen molar-refractivity contribution in [3.8, 4) is 0 Å². The number of hydrogen-bond donors (Lipinski definition) is 2. The summed E-state index contributed by atoms with van der Waals surface area (Å²) in [5, 5.41) is 11.9. The number of carbonyl (C=O) groups excluding carboxylic acids is 1. The molecule has 2 heterocycles. The number of aliphatic hydroxyl groups is 1. The molecule has 2 rings (SSSR count). The summed E-state index contributed by atoms with van der Waals surface area (Å²) in [5.41, 5.74) is 2.12. The van der Waals surface area contributed by atoms with Crippen LogP contribution >= 0.6 is 0 Å². The van der Waals surface area contributed by atoms with Gasteiger partial charge in [0, 0.05) is 39.0 Å². The van der Waals surface area contributed by atoms with E-state index in [2.05, 4.69) is 16.4 Å². The van der Waals surface area contributed by atoms with Crippen molar-refractivity contribution in [3.05, 3.63) is 24.0 Å². The molecule has 1 saturated heterocycles. The molecule has 1 aromatic rings. The summed E-state index contributed by atoms with van der Waals surface area (Å²) >= 11 is 0. The maximum Gasteiger partial charge on any atom is 0.219 e. The van der Waals surface area contributed by atoms with Crippen LogP contribution < -0.4 is 5.32 Å². The predicted molar refractivity (Wildman–Crippen MR) is 78.5 cm³/mol. The van der Waals surface area contributed by atoms with Gasteiger partial charge in [-0.05, 0) is 36.8 Å². The lowest BCUT2D eigenvalue weighted by molar-refractivity contribution is -0.130. The minimum Gasteiger partial charge on any atom is -0.395 e. The number of pyridine rings is 1. The van der Waals surface area contributed by atoms with Crippen LogP contribution in [0.2, 0.25) is 0 Å². The van der Waals surface area contributed by atoms with E-state index in [0.29, 0.717) is 12.5 Å². The normalized spacial score (nSPS) is 18.9. The molecule has 110 valence electrons. The third-order valence-electron chi connectivity index (χ3n) is 3.72. The number of anilines is 1. The molecule has 2 N–H and O–H groups in total. The van der Waals surface area contributed by atoms with Crippen molar-refractivity contribution in [2.75, 3.05) is 31.6 Å². The summed E-state index contributed by atoms with van der Waals surface area (Å²) in [6.45, 7) is 4.03. The lowest BCUT2D eigenvalue weighted by Gasteiger charge is -2.32. The van der Waals surface area contributed by atoms with Crippen LogP contribution in [0, 0.1) is 5.92 Å².